The van der Waals surface area contributed by atoms with Crippen molar-refractivity contribution in [3.63, 3.8) is 0 Å². The third kappa shape index (κ3) is 12.4. The van der Waals surface area contributed by atoms with Gasteiger partial charge < -0.3 is 48.7 Å². The van der Waals surface area contributed by atoms with Crippen molar-refractivity contribution in [2.24, 2.45) is 23.7 Å². The first-order chi connectivity index (χ1) is 25.1. The van der Waals surface area contributed by atoms with Crippen LogP contribution in [0.2, 0.25) is 0 Å². The molecule has 1 aromatic carbocycles. The van der Waals surface area contributed by atoms with E-state index in [0.29, 0.717) is 29.7 Å². The van der Waals surface area contributed by atoms with Crippen LogP contribution in [0.4, 0.5) is 10.5 Å². The van der Waals surface area contributed by atoms with Gasteiger partial charge in [-0.1, -0.05) is 38.5 Å². The zero-order chi connectivity index (χ0) is 39.4. The van der Waals surface area contributed by atoms with Crippen molar-refractivity contribution in [3.05, 3.63) is 48.1 Å². The molecule has 12 atom stereocenters. The summed E-state index contributed by atoms with van der Waals surface area (Å²) < 4.78 is 28.9. The number of nitrogens with one attached hydrogen (secondary N) is 1. The number of hydrogen-bond acceptors (Lipinski definition) is 13. The van der Waals surface area contributed by atoms with Crippen LogP contribution in [0.15, 0.2) is 48.1 Å². The van der Waals surface area contributed by atoms with Crippen LogP contribution in [0, 0.1) is 23.7 Å². The summed E-state index contributed by atoms with van der Waals surface area (Å²) in [6.07, 6.45) is -2.44. The van der Waals surface area contributed by atoms with E-state index in [-0.39, 0.29) is 25.2 Å². The molecule has 1 aromatic rings. The second-order valence-electron chi connectivity index (χ2n) is 14.4. The summed E-state index contributed by atoms with van der Waals surface area (Å²) in [7, 11) is 4.96. The van der Waals surface area contributed by atoms with Crippen LogP contribution in [-0.4, -0.2) is 121 Å². The van der Waals surface area contributed by atoms with E-state index in [9.17, 15) is 34.5 Å². The lowest BCUT2D eigenvalue weighted by atomic mass is 9.79. The molecule has 0 aliphatic carbocycles. The number of allylic oxidation sites excluding steroid dienone is 3. The standard InChI is InChI=1S/C39H58N2O12/c1-9-32-27(21-50-39(48)40-28-11-13-29(49-8)14-12-28)18-22(2)10-15-30(43)23(3)19-26(16-17-42)37(24(4)31(44)20-33(45)52-32)53-38-36(47)34(41(6)7)35(46)25(5)51-38/h10-15,17-18,23-27,31-32,34-38,44,46-47H,9,16,19-21H2,1-8H3,(H,40,48)/b15-10+,22-18+/t23-,24+,25-,26+,27-,31-,32-,34+,35-,36-,37-,38+/m1/s1. The minimum atomic E-state index is -1.33. The maximum Gasteiger partial charge on any atom is 0.411 e. The Bertz CT molecular complexity index is 1420. The number of carbonyl (C=O) groups is 4. The largest absolute Gasteiger partial charge is 0.497 e. The average molecular weight is 747 g/mol. The Morgan fingerprint density at radius 1 is 1.06 bits per heavy atom. The molecule has 53 heavy (non-hydrogen) atoms. The van der Waals surface area contributed by atoms with Gasteiger partial charge >= 0.3 is 12.1 Å². The molecule has 14 nitrogen and oxygen atoms in total. The maximum atomic E-state index is 13.4. The van der Waals surface area contributed by atoms with Gasteiger partial charge in [0.2, 0.25) is 0 Å². The Balaban J connectivity index is 1.91. The summed E-state index contributed by atoms with van der Waals surface area (Å²) in [6.45, 7) is 8.48. The number of anilines is 1. The molecule has 0 unspecified atom stereocenters. The fourth-order valence-electron chi connectivity index (χ4n) is 6.91. The van der Waals surface area contributed by atoms with Crippen LogP contribution >= 0.6 is 0 Å². The molecule has 2 aliphatic rings. The molecule has 296 valence electrons. The van der Waals surface area contributed by atoms with E-state index in [1.165, 1.54) is 13.2 Å². The number of ketones is 1. The van der Waals surface area contributed by atoms with Crippen molar-refractivity contribution in [1.82, 2.24) is 4.90 Å². The average Bonchev–Trinajstić information content (AvgIpc) is 3.11. The van der Waals surface area contributed by atoms with Crippen LogP contribution in [0.3, 0.4) is 0 Å². The maximum absolute atomic E-state index is 13.4. The Morgan fingerprint density at radius 2 is 1.74 bits per heavy atom. The lowest BCUT2D eigenvalue weighted by Crippen LogP contribution is -2.63. The quantitative estimate of drug-likeness (QED) is 0.201. The van der Waals surface area contributed by atoms with Gasteiger partial charge in [0.15, 0.2) is 12.1 Å². The zero-order valence-corrected chi connectivity index (χ0v) is 32.0. The van der Waals surface area contributed by atoms with Crippen LogP contribution in [0.25, 0.3) is 0 Å². The molecule has 0 radical (unpaired) electrons. The molecular formula is C39H58N2O12. The van der Waals surface area contributed by atoms with Crippen LogP contribution in [-0.2, 0) is 33.3 Å². The molecule has 0 bridgehead atoms. The van der Waals surface area contributed by atoms with E-state index >= 15 is 0 Å². The molecule has 1 amide bonds. The molecular weight excluding hydrogens is 688 g/mol. The number of likely N-dealkylation sites (N-methyl/N-ethyl adjacent to an activating group) is 1. The third-order valence-electron chi connectivity index (χ3n) is 10.1. The minimum absolute atomic E-state index is 0.0316. The van der Waals surface area contributed by atoms with Crippen molar-refractivity contribution in [2.75, 3.05) is 33.1 Å². The molecule has 1 saturated heterocycles. The van der Waals surface area contributed by atoms with Crippen LogP contribution in [0.1, 0.15) is 60.3 Å². The molecule has 4 N–H and O–H groups in total. The first kappa shape index (κ1) is 43.7. The van der Waals surface area contributed by atoms with E-state index in [2.05, 4.69) is 5.32 Å². The number of nitrogens with zero attached hydrogens (tertiary/aromatic N) is 1. The summed E-state index contributed by atoms with van der Waals surface area (Å²) in [6, 6.07) is 5.96. The fraction of sp³-hybridized carbons (Fsp3) is 0.641. The summed E-state index contributed by atoms with van der Waals surface area (Å²) in [4.78, 5) is 53.2. The van der Waals surface area contributed by atoms with Gasteiger partial charge in [-0.15, -0.1) is 0 Å². The van der Waals surface area contributed by atoms with Crippen LogP contribution < -0.4 is 10.1 Å². The normalized spacial score (nSPS) is 35.1. The van der Waals surface area contributed by atoms with E-state index in [1.54, 1.807) is 83.1 Å². The van der Waals surface area contributed by atoms with E-state index < -0.39 is 91.1 Å². The van der Waals surface area contributed by atoms with Gasteiger partial charge in [0.05, 0.1) is 44.0 Å². The number of cyclic esters (lactones) is 1. The highest BCUT2D eigenvalue weighted by atomic mass is 16.7. The van der Waals surface area contributed by atoms with Crippen molar-refractivity contribution in [3.8, 4) is 5.75 Å². The number of carbonyl (C=O) groups excluding carboxylic acids is 4. The highest BCUT2D eigenvalue weighted by molar-refractivity contribution is 5.91. The smallest absolute Gasteiger partial charge is 0.411 e. The van der Waals surface area contributed by atoms with E-state index in [1.807, 2.05) is 6.92 Å². The van der Waals surface area contributed by atoms with Crippen molar-refractivity contribution in [2.45, 2.75) is 109 Å². The second kappa shape index (κ2) is 20.7. The topological polar surface area (TPSA) is 190 Å². The molecule has 0 spiro atoms. The molecule has 0 aromatic heterocycles. The monoisotopic (exact) mass is 746 g/mol. The molecule has 2 aliphatic heterocycles. The minimum Gasteiger partial charge on any atom is -0.497 e. The highest BCUT2D eigenvalue weighted by Gasteiger charge is 2.47. The first-order valence-corrected chi connectivity index (χ1v) is 18.2. The van der Waals surface area contributed by atoms with Gasteiger partial charge in [0.1, 0.15) is 30.9 Å². The number of ether oxygens (including phenoxy) is 5. The van der Waals surface area contributed by atoms with Gasteiger partial charge in [0.25, 0.3) is 0 Å². The van der Waals surface area contributed by atoms with Crippen LogP contribution in [0.5, 0.6) is 5.75 Å². The molecule has 1 fully saturated rings. The van der Waals surface area contributed by atoms with E-state index in [0.717, 1.165) is 0 Å². The number of hydrogen-bond donors (Lipinski definition) is 4. The number of methoxy groups -OCH3 is 1. The van der Waals surface area contributed by atoms with E-state index in [4.69, 9.17) is 23.7 Å². The number of aliphatic hydroxyl groups is 3. The molecule has 3 rings (SSSR count). The van der Waals surface area contributed by atoms with Gasteiger partial charge in [-0.2, -0.15) is 0 Å². The second-order valence-corrected chi connectivity index (χ2v) is 14.4. The lowest BCUT2D eigenvalue weighted by molar-refractivity contribution is -0.304. The number of aliphatic hydroxyl groups excluding tert-OH is 3. The zero-order valence-electron chi connectivity index (χ0n) is 32.0. The Labute approximate surface area is 312 Å². The Morgan fingerprint density at radius 3 is 2.34 bits per heavy atom. The van der Waals surface area contributed by atoms with Crippen molar-refractivity contribution < 1.29 is 58.2 Å². The lowest BCUT2D eigenvalue weighted by Gasteiger charge is -2.46. The SMILES string of the molecule is CC[C@H]1OC(=O)C[C@@H](O)[C@H](C)[C@@H](O[C@@H]2O[C@H](C)[C@@H](O)[C@H](N(C)C)[C@H]2O)[C@@H](CC=O)C[C@@H](C)C(=O)/C=C/C(C)=C/[C@@H]1COC(=O)Nc1ccc(OC)cc1. The van der Waals surface area contributed by atoms with Gasteiger partial charge in [-0.05, 0) is 77.0 Å². The molecule has 14 heteroatoms. The predicted octanol–water partition coefficient (Wildman–Crippen LogP) is 3.67. The van der Waals surface area contributed by atoms with Crippen molar-refractivity contribution in [1.29, 1.82) is 0 Å². The summed E-state index contributed by atoms with van der Waals surface area (Å²) in [5.41, 5.74) is 1.15. The summed E-state index contributed by atoms with van der Waals surface area (Å²) >= 11 is 0. The van der Waals surface area contributed by atoms with Crippen molar-refractivity contribution >= 4 is 29.8 Å². The Hall–Kier alpha value is -3.66. The first-order valence-electron chi connectivity index (χ1n) is 18.2. The van der Waals surface area contributed by atoms with Gasteiger partial charge in [0, 0.05) is 29.9 Å². The molecule has 0 saturated carbocycles. The van der Waals surface area contributed by atoms with Gasteiger partial charge in [-0.25, -0.2) is 4.79 Å². The fourth-order valence-corrected chi connectivity index (χ4v) is 6.91. The van der Waals surface area contributed by atoms with Gasteiger partial charge in [-0.3, -0.25) is 14.9 Å². The predicted molar refractivity (Wildman–Crippen MR) is 196 cm³/mol. The highest BCUT2D eigenvalue weighted by Crippen LogP contribution is 2.34. The number of rotatable bonds is 10. The number of amides is 1. The number of aldehydes is 1. The summed E-state index contributed by atoms with van der Waals surface area (Å²) in [5, 5.41) is 36.1. The Kier molecular flexibility index (Phi) is 17.1. The third-order valence-corrected chi connectivity index (χ3v) is 10.1. The number of benzene rings is 1. The summed E-state index contributed by atoms with van der Waals surface area (Å²) in [5.74, 6) is -2.90. The molecule has 2 heterocycles. The number of esters is 1.